The molecule has 1 atom stereocenters. The van der Waals surface area contributed by atoms with Crippen LogP contribution in [0.4, 0.5) is 0 Å². The van der Waals surface area contributed by atoms with Gasteiger partial charge in [-0.05, 0) is 38.5 Å². The molecule has 0 heterocycles. The molecule has 0 radical (unpaired) electrons. The number of nitrogens with one attached hydrogen (secondary N) is 1. The summed E-state index contributed by atoms with van der Waals surface area (Å²) in [6.45, 7) is 7.80. The summed E-state index contributed by atoms with van der Waals surface area (Å²) in [5.74, 6) is 0. The summed E-state index contributed by atoms with van der Waals surface area (Å²) >= 11 is 0. The fourth-order valence-electron chi connectivity index (χ4n) is 1.85. The van der Waals surface area contributed by atoms with Crippen LogP contribution in [0.5, 0.6) is 0 Å². The first kappa shape index (κ1) is 15.6. The van der Waals surface area contributed by atoms with Gasteiger partial charge in [0.15, 0.2) is 0 Å². The third-order valence-electron chi connectivity index (χ3n) is 2.85. The Morgan fingerprint density at radius 3 is 2.53 bits per heavy atom. The van der Waals surface area contributed by atoms with E-state index in [9.17, 15) is 5.11 Å². The molecule has 0 aliphatic rings. The zero-order valence-electron chi connectivity index (χ0n) is 11.8. The number of aliphatic hydroxyl groups excluding tert-OH is 1. The monoisotopic (exact) mass is 262 g/mol. The Morgan fingerprint density at radius 2 is 2.00 bits per heavy atom. The normalized spacial score (nSPS) is 13.0. The maximum Gasteiger partial charge on any atom is 0.0991 e. The maximum atomic E-state index is 10.0. The molecular formula is C15H22N2O2. The van der Waals surface area contributed by atoms with Gasteiger partial charge in [0.2, 0.25) is 0 Å². The van der Waals surface area contributed by atoms with E-state index in [0.29, 0.717) is 25.3 Å². The van der Waals surface area contributed by atoms with Crippen LogP contribution in [0.15, 0.2) is 24.3 Å². The molecule has 0 spiro atoms. The van der Waals surface area contributed by atoms with Crippen molar-refractivity contribution in [2.75, 3.05) is 19.7 Å². The van der Waals surface area contributed by atoms with Crippen LogP contribution in [0, 0.1) is 11.3 Å². The first-order chi connectivity index (χ1) is 8.98. The molecule has 4 heteroatoms. The average Bonchev–Trinajstić information content (AvgIpc) is 2.38. The van der Waals surface area contributed by atoms with Gasteiger partial charge in [-0.1, -0.05) is 12.1 Å². The van der Waals surface area contributed by atoms with Crippen LogP contribution >= 0.6 is 0 Å². The number of aliphatic hydroxyl groups is 1. The van der Waals surface area contributed by atoms with E-state index in [-0.39, 0.29) is 5.60 Å². The van der Waals surface area contributed by atoms with Gasteiger partial charge in [0.05, 0.1) is 23.3 Å². The van der Waals surface area contributed by atoms with E-state index in [0.717, 1.165) is 5.56 Å². The van der Waals surface area contributed by atoms with Gasteiger partial charge in [0.25, 0.3) is 0 Å². The highest BCUT2D eigenvalue weighted by atomic mass is 16.5. The van der Waals surface area contributed by atoms with Crippen molar-refractivity contribution in [3.8, 4) is 6.07 Å². The smallest absolute Gasteiger partial charge is 0.0991 e. The zero-order chi connectivity index (χ0) is 14.3. The van der Waals surface area contributed by atoms with E-state index >= 15 is 0 Å². The van der Waals surface area contributed by atoms with Crippen molar-refractivity contribution in [2.45, 2.75) is 32.5 Å². The van der Waals surface area contributed by atoms with Crippen LogP contribution in [0.25, 0.3) is 0 Å². The Balaban J connectivity index is 2.42. The van der Waals surface area contributed by atoms with Crippen molar-refractivity contribution >= 4 is 0 Å². The number of benzene rings is 1. The van der Waals surface area contributed by atoms with Crippen LogP contribution in [0.2, 0.25) is 0 Å². The summed E-state index contributed by atoms with van der Waals surface area (Å²) in [5, 5.41) is 21.9. The van der Waals surface area contributed by atoms with E-state index in [2.05, 4.69) is 11.4 Å². The van der Waals surface area contributed by atoms with Gasteiger partial charge in [0.1, 0.15) is 0 Å². The molecule has 0 aromatic heterocycles. The van der Waals surface area contributed by atoms with Crippen LogP contribution in [-0.4, -0.2) is 30.4 Å². The number of nitrogens with zero attached hydrogens (tertiary/aromatic N) is 1. The molecule has 0 bridgehead atoms. The number of rotatable bonds is 7. The quantitative estimate of drug-likeness (QED) is 0.788. The number of nitriles is 1. The van der Waals surface area contributed by atoms with Gasteiger partial charge >= 0.3 is 0 Å². The topological polar surface area (TPSA) is 65.3 Å². The number of ether oxygens (including phenoxy) is 1. The summed E-state index contributed by atoms with van der Waals surface area (Å²) in [4.78, 5) is 0. The lowest BCUT2D eigenvalue weighted by Gasteiger charge is -2.25. The molecule has 104 valence electrons. The molecule has 19 heavy (non-hydrogen) atoms. The highest BCUT2D eigenvalue weighted by Crippen LogP contribution is 2.13. The third kappa shape index (κ3) is 5.39. The fourth-order valence-corrected chi connectivity index (χ4v) is 1.85. The van der Waals surface area contributed by atoms with Crippen molar-refractivity contribution in [1.82, 2.24) is 5.32 Å². The highest BCUT2D eigenvalue weighted by molar-refractivity contribution is 5.32. The van der Waals surface area contributed by atoms with Crippen molar-refractivity contribution in [3.05, 3.63) is 35.4 Å². The van der Waals surface area contributed by atoms with Crippen molar-refractivity contribution in [3.63, 3.8) is 0 Å². The van der Waals surface area contributed by atoms with E-state index < -0.39 is 6.10 Å². The van der Waals surface area contributed by atoms with Crippen molar-refractivity contribution < 1.29 is 9.84 Å². The van der Waals surface area contributed by atoms with Crippen LogP contribution < -0.4 is 5.32 Å². The largest absolute Gasteiger partial charge is 0.387 e. The van der Waals surface area contributed by atoms with Crippen LogP contribution in [-0.2, 0) is 4.74 Å². The Kier molecular flexibility index (Phi) is 5.97. The highest BCUT2D eigenvalue weighted by Gasteiger charge is 2.17. The summed E-state index contributed by atoms with van der Waals surface area (Å²) in [6, 6.07) is 9.03. The second-order valence-corrected chi connectivity index (χ2v) is 5.07. The van der Waals surface area contributed by atoms with Gasteiger partial charge in [0, 0.05) is 19.7 Å². The maximum absolute atomic E-state index is 10.0. The molecule has 0 amide bonds. The first-order valence-corrected chi connectivity index (χ1v) is 6.51. The predicted molar refractivity (Wildman–Crippen MR) is 74.7 cm³/mol. The molecule has 1 aromatic rings. The minimum atomic E-state index is -0.579. The predicted octanol–water partition coefficient (Wildman–Crippen LogP) is 2.00. The lowest BCUT2D eigenvalue weighted by atomic mass is 10.1. The van der Waals surface area contributed by atoms with E-state index in [1.165, 1.54) is 0 Å². The van der Waals surface area contributed by atoms with Crippen LogP contribution in [0.3, 0.4) is 0 Å². The lowest BCUT2D eigenvalue weighted by molar-refractivity contribution is -0.0104. The second-order valence-electron chi connectivity index (χ2n) is 5.07. The molecule has 1 aromatic carbocycles. The van der Waals surface area contributed by atoms with E-state index in [1.807, 2.05) is 20.8 Å². The van der Waals surface area contributed by atoms with Crippen molar-refractivity contribution in [1.29, 1.82) is 5.26 Å². The van der Waals surface area contributed by atoms with Gasteiger partial charge in [-0.3, -0.25) is 0 Å². The van der Waals surface area contributed by atoms with E-state index in [1.54, 1.807) is 24.3 Å². The number of hydrogen-bond donors (Lipinski definition) is 2. The van der Waals surface area contributed by atoms with Crippen molar-refractivity contribution in [2.24, 2.45) is 0 Å². The van der Waals surface area contributed by atoms with Gasteiger partial charge in [-0.2, -0.15) is 5.26 Å². The molecule has 1 unspecified atom stereocenters. The standard InChI is InChI=1S/C15H22N2O2/c1-4-19-15(2,3)11-17-10-14(18)13-7-5-12(9-16)6-8-13/h5-8,14,17-18H,4,10-11H2,1-3H3. The molecule has 0 fully saturated rings. The Labute approximate surface area is 115 Å². The minimum absolute atomic E-state index is 0.237. The average molecular weight is 262 g/mol. The Hall–Kier alpha value is -1.41. The van der Waals surface area contributed by atoms with Gasteiger partial charge < -0.3 is 15.2 Å². The minimum Gasteiger partial charge on any atom is -0.387 e. The molecule has 4 nitrogen and oxygen atoms in total. The Bertz CT molecular complexity index is 421. The fraction of sp³-hybridized carbons (Fsp3) is 0.533. The first-order valence-electron chi connectivity index (χ1n) is 6.51. The zero-order valence-corrected chi connectivity index (χ0v) is 11.8. The SMILES string of the molecule is CCOC(C)(C)CNCC(O)c1ccc(C#N)cc1. The lowest BCUT2D eigenvalue weighted by Crippen LogP contribution is -2.39. The van der Waals surface area contributed by atoms with Gasteiger partial charge in [-0.25, -0.2) is 0 Å². The molecule has 1 rings (SSSR count). The summed E-state index contributed by atoms with van der Waals surface area (Å²) in [6.07, 6.45) is -0.579. The van der Waals surface area contributed by atoms with Crippen LogP contribution in [0.1, 0.15) is 38.0 Å². The molecular weight excluding hydrogens is 240 g/mol. The molecule has 0 aliphatic heterocycles. The Morgan fingerprint density at radius 1 is 1.37 bits per heavy atom. The van der Waals surface area contributed by atoms with E-state index in [4.69, 9.17) is 10.00 Å². The summed E-state index contributed by atoms with van der Waals surface area (Å²) < 4.78 is 5.57. The molecule has 0 aliphatic carbocycles. The summed E-state index contributed by atoms with van der Waals surface area (Å²) in [7, 11) is 0. The summed E-state index contributed by atoms with van der Waals surface area (Å²) in [5.41, 5.74) is 1.17. The third-order valence-corrected chi connectivity index (χ3v) is 2.85. The van der Waals surface area contributed by atoms with Gasteiger partial charge in [-0.15, -0.1) is 0 Å². The molecule has 0 saturated carbocycles. The number of hydrogen-bond acceptors (Lipinski definition) is 4. The second kappa shape index (κ2) is 7.25. The molecule has 2 N–H and O–H groups in total. The molecule has 0 saturated heterocycles.